The van der Waals surface area contributed by atoms with Gasteiger partial charge in [-0.2, -0.15) is 4.31 Å². The Morgan fingerprint density at radius 1 is 1.26 bits per heavy atom. The summed E-state index contributed by atoms with van der Waals surface area (Å²) < 4.78 is 27.0. The molecule has 3 heterocycles. The van der Waals surface area contributed by atoms with E-state index in [2.05, 4.69) is 17.1 Å². The van der Waals surface area contributed by atoms with Crippen molar-refractivity contribution in [2.75, 3.05) is 39.3 Å². The van der Waals surface area contributed by atoms with Crippen molar-refractivity contribution in [1.82, 2.24) is 14.5 Å². The van der Waals surface area contributed by atoms with Crippen LogP contribution in [0.4, 0.5) is 0 Å². The molecule has 1 N–H and O–H groups in total. The zero-order valence-electron chi connectivity index (χ0n) is 16.1. The monoisotopic (exact) mass is 413 g/mol. The first kappa shape index (κ1) is 20.8. The van der Waals surface area contributed by atoms with Gasteiger partial charge in [0.05, 0.1) is 0 Å². The lowest BCUT2D eigenvalue weighted by Crippen LogP contribution is -2.43. The molecule has 1 amide bonds. The molecule has 2 aliphatic heterocycles. The quantitative estimate of drug-likeness (QED) is 0.697. The van der Waals surface area contributed by atoms with Gasteiger partial charge in [-0.25, -0.2) is 8.42 Å². The van der Waals surface area contributed by atoms with Crippen molar-refractivity contribution in [2.24, 2.45) is 11.8 Å². The molecule has 0 radical (unpaired) electrons. The lowest BCUT2D eigenvalue weighted by molar-refractivity contribution is -0.126. The van der Waals surface area contributed by atoms with Crippen LogP contribution in [0.1, 0.15) is 39.0 Å². The molecule has 1 atom stereocenters. The van der Waals surface area contributed by atoms with E-state index < -0.39 is 10.0 Å². The second kappa shape index (κ2) is 9.49. The van der Waals surface area contributed by atoms with Crippen LogP contribution < -0.4 is 5.32 Å². The average molecular weight is 414 g/mol. The van der Waals surface area contributed by atoms with Crippen LogP contribution in [0, 0.1) is 11.8 Å². The summed E-state index contributed by atoms with van der Waals surface area (Å²) in [5, 5.41) is 4.83. The van der Waals surface area contributed by atoms with E-state index in [9.17, 15) is 13.2 Å². The van der Waals surface area contributed by atoms with Gasteiger partial charge in [-0.3, -0.25) is 4.79 Å². The summed E-state index contributed by atoms with van der Waals surface area (Å²) in [7, 11) is -3.39. The lowest BCUT2D eigenvalue weighted by atomic mass is 9.97. The largest absolute Gasteiger partial charge is 0.356 e. The molecule has 27 heavy (non-hydrogen) atoms. The van der Waals surface area contributed by atoms with Gasteiger partial charge < -0.3 is 10.2 Å². The number of nitrogens with one attached hydrogen (secondary N) is 1. The highest BCUT2D eigenvalue weighted by Crippen LogP contribution is 2.26. The lowest BCUT2D eigenvalue weighted by Gasteiger charge is -2.31. The van der Waals surface area contributed by atoms with Crippen molar-refractivity contribution in [3.05, 3.63) is 17.5 Å². The van der Waals surface area contributed by atoms with Crippen molar-refractivity contribution in [1.29, 1.82) is 0 Å². The fraction of sp³-hybridized carbons (Fsp3) is 0.737. The highest BCUT2D eigenvalue weighted by Gasteiger charge is 2.32. The summed E-state index contributed by atoms with van der Waals surface area (Å²) in [4.78, 5) is 14.9. The van der Waals surface area contributed by atoms with Gasteiger partial charge in [0.25, 0.3) is 10.0 Å². The molecule has 8 heteroatoms. The van der Waals surface area contributed by atoms with E-state index in [1.807, 2.05) is 0 Å². The average Bonchev–Trinajstić information content (AvgIpc) is 3.21. The van der Waals surface area contributed by atoms with Crippen LogP contribution in [-0.2, 0) is 14.8 Å². The molecule has 2 saturated heterocycles. The number of sulfonamides is 1. The second-order valence-corrected chi connectivity index (χ2v) is 10.9. The van der Waals surface area contributed by atoms with Crippen LogP contribution in [0.3, 0.4) is 0 Å². The third kappa shape index (κ3) is 5.53. The van der Waals surface area contributed by atoms with Crippen molar-refractivity contribution in [3.8, 4) is 0 Å². The summed E-state index contributed by atoms with van der Waals surface area (Å²) >= 11 is 1.24. The predicted molar refractivity (Wildman–Crippen MR) is 108 cm³/mol. The SMILES string of the molecule is C[C@@H]1CCCN(CCCNC(=O)C2CCN(S(=O)(=O)c3cccs3)CC2)C1. The van der Waals surface area contributed by atoms with E-state index in [1.165, 1.54) is 41.6 Å². The number of hydrogen-bond acceptors (Lipinski definition) is 5. The number of rotatable bonds is 7. The van der Waals surface area contributed by atoms with Gasteiger partial charge in [0, 0.05) is 32.1 Å². The molecule has 152 valence electrons. The third-order valence-corrected chi connectivity index (χ3v) is 8.88. The fourth-order valence-electron chi connectivity index (χ4n) is 4.04. The van der Waals surface area contributed by atoms with Crippen LogP contribution in [0.5, 0.6) is 0 Å². The maximum Gasteiger partial charge on any atom is 0.252 e. The standard InChI is InChI=1S/C19H31N3O3S2/c1-16-5-2-10-21(15-16)11-4-9-20-19(23)17-7-12-22(13-8-17)27(24,25)18-6-3-14-26-18/h3,6,14,16-17H,2,4-5,7-13,15H2,1H3,(H,20,23)/t16-/m1/s1. The van der Waals surface area contributed by atoms with E-state index in [1.54, 1.807) is 17.5 Å². The minimum atomic E-state index is -3.39. The Labute approximate surface area is 167 Å². The molecule has 2 aliphatic rings. The minimum absolute atomic E-state index is 0.0743. The van der Waals surface area contributed by atoms with Gasteiger partial charge in [0.1, 0.15) is 4.21 Å². The summed E-state index contributed by atoms with van der Waals surface area (Å²) in [5.74, 6) is 0.786. The first-order chi connectivity index (χ1) is 13.0. The highest BCUT2D eigenvalue weighted by molar-refractivity contribution is 7.91. The molecule has 6 nitrogen and oxygen atoms in total. The number of hydrogen-bond donors (Lipinski definition) is 1. The molecule has 0 unspecified atom stereocenters. The molecular formula is C19H31N3O3S2. The van der Waals surface area contributed by atoms with Crippen LogP contribution in [0.2, 0.25) is 0 Å². The number of carbonyl (C=O) groups excluding carboxylic acids is 1. The maximum absolute atomic E-state index is 12.5. The molecule has 0 bridgehead atoms. The normalized spacial score (nSPS) is 23.4. The molecule has 3 rings (SSSR count). The number of thiophene rings is 1. The number of likely N-dealkylation sites (tertiary alicyclic amines) is 1. The van der Waals surface area contributed by atoms with Crippen molar-refractivity contribution in [3.63, 3.8) is 0 Å². The van der Waals surface area contributed by atoms with Gasteiger partial charge in [0.15, 0.2) is 0 Å². The minimum Gasteiger partial charge on any atom is -0.356 e. The van der Waals surface area contributed by atoms with E-state index in [4.69, 9.17) is 0 Å². The molecule has 2 fully saturated rings. The fourth-order valence-corrected chi connectivity index (χ4v) is 6.66. The number of amides is 1. The van der Waals surface area contributed by atoms with E-state index in [0.717, 1.165) is 18.9 Å². The highest BCUT2D eigenvalue weighted by atomic mass is 32.2. The summed E-state index contributed by atoms with van der Waals surface area (Å²) in [5.41, 5.74) is 0. The van der Waals surface area contributed by atoms with Gasteiger partial charge in [-0.05, 0) is 62.6 Å². The maximum atomic E-state index is 12.5. The Bertz CT molecular complexity index is 698. The van der Waals surface area contributed by atoms with Crippen LogP contribution in [-0.4, -0.2) is 62.8 Å². The Kier molecular flexibility index (Phi) is 7.30. The number of piperidine rings is 2. The Morgan fingerprint density at radius 2 is 2.04 bits per heavy atom. The third-order valence-electron chi connectivity index (χ3n) is 5.61. The smallest absolute Gasteiger partial charge is 0.252 e. The van der Waals surface area contributed by atoms with Crippen LogP contribution in [0.15, 0.2) is 21.7 Å². The topological polar surface area (TPSA) is 69.7 Å². The van der Waals surface area contributed by atoms with Crippen molar-refractivity contribution >= 4 is 27.3 Å². The molecular weight excluding hydrogens is 382 g/mol. The van der Waals surface area contributed by atoms with Crippen molar-refractivity contribution in [2.45, 2.75) is 43.2 Å². The predicted octanol–water partition coefficient (Wildman–Crippen LogP) is 2.39. The molecule has 1 aromatic rings. The molecule has 1 aromatic heterocycles. The van der Waals surface area contributed by atoms with Gasteiger partial charge >= 0.3 is 0 Å². The second-order valence-electron chi connectivity index (χ2n) is 7.80. The van der Waals surface area contributed by atoms with Crippen LogP contribution >= 0.6 is 11.3 Å². The van der Waals surface area contributed by atoms with Gasteiger partial charge in [-0.1, -0.05) is 13.0 Å². The van der Waals surface area contributed by atoms with Gasteiger partial charge in [0.2, 0.25) is 5.91 Å². The van der Waals surface area contributed by atoms with E-state index in [-0.39, 0.29) is 11.8 Å². The summed E-state index contributed by atoms with van der Waals surface area (Å²) in [6.07, 6.45) is 4.78. The number of carbonyl (C=O) groups is 1. The van der Waals surface area contributed by atoms with Gasteiger partial charge in [-0.15, -0.1) is 11.3 Å². The summed E-state index contributed by atoms with van der Waals surface area (Å²) in [6, 6.07) is 3.39. The van der Waals surface area contributed by atoms with E-state index in [0.29, 0.717) is 36.7 Å². The van der Waals surface area contributed by atoms with Crippen molar-refractivity contribution < 1.29 is 13.2 Å². The number of nitrogens with zero attached hydrogens (tertiary/aromatic N) is 2. The molecule has 0 saturated carbocycles. The first-order valence-electron chi connectivity index (χ1n) is 10.0. The molecule has 0 spiro atoms. The van der Waals surface area contributed by atoms with Crippen LogP contribution in [0.25, 0.3) is 0 Å². The summed E-state index contributed by atoms with van der Waals surface area (Å²) in [6.45, 7) is 7.24. The zero-order chi connectivity index (χ0) is 19.3. The van der Waals surface area contributed by atoms with E-state index >= 15 is 0 Å². The Morgan fingerprint density at radius 3 is 2.70 bits per heavy atom. The first-order valence-corrected chi connectivity index (χ1v) is 12.3. The Balaban J connectivity index is 1.36. The molecule has 0 aliphatic carbocycles. The zero-order valence-corrected chi connectivity index (χ0v) is 17.7. The Hall–Kier alpha value is -0.960. The molecule has 0 aromatic carbocycles.